The number of hydrogen-bond donors (Lipinski definition) is 1. The molecule has 1 aliphatic heterocycles. The first kappa shape index (κ1) is 14.7. The first-order valence-electron chi connectivity index (χ1n) is 7.37. The van der Waals surface area contributed by atoms with E-state index in [2.05, 4.69) is 10.3 Å². The molecule has 0 bridgehead atoms. The molecule has 0 saturated heterocycles. The van der Waals surface area contributed by atoms with Crippen molar-refractivity contribution in [3.63, 3.8) is 0 Å². The molecule has 2 amide bonds. The van der Waals surface area contributed by atoms with Crippen molar-refractivity contribution < 1.29 is 18.4 Å². The summed E-state index contributed by atoms with van der Waals surface area (Å²) in [5, 5.41) is 3.23. The average Bonchev–Trinajstić information content (AvgIpc) is 3.32. The number of amides is 2. The molecular weight excluding hydrogens is 330 g/mol. The number of nitrogens with one attached hydrogen (secondary N) is 1. The lowest BCUT2D eigenvalue weighted by Crippen LogP contribution is -2.35. The molecule has 4 rings (SSSR count). The largest absolute Gasteiger partial charge is 0.459 e. The molecule has 0 fully saturated rings. The molecule has 122 valence electrons. The van der Waals surface area contributed by atoms with E-state index in [4.69, 9.17) is 8.83 Å². The highest BCUT2D eigenvalue weighted by Crippen LogP contribution is 2.29. The number of furan rings is 2. The van der Waals surface area contributed by atoms with Gasteiger partial charge in [0.25, 0.3) is 11.8 Å². The summed E-state index contributed by atoms with van der Waals surface area (Å²) < 4.78 is 10.2. The SMILES string of the molecule is O=C(Nc1nc2c(s1)CN(C(=O)c1ccco1)CC2)c1ccco1. The zero-order chi connectivity index (χ0) is 16.5. The number of carbonyl (C=O) groups is 2. The Morgan fingerprint density at radius 2 is 1.92 bits per heavy atom. The van der Waals surface area contributed by atoms with Crippen LogP contribution in [-0.4, -0.2) is 28.2 Å². The van der Waals surface area contributed by atoms with Gasteiger partial charge in [-0.05, 0) is 24.3 Å². The van der Waals surface area contributed by atoms with Gasteiger partial charge in [0.1, 0.15) is 0 Å². The Morgan fingerprint density at radius 3 is 2.62 bits per heavy atom. The van der Waals surface area contributed by atoms with Crippen molar-refractivity contribution in [3.8, 4) is 0 Å². The summed E-state index contributed by atoms with van der Waals surface area (Å²) in [7, 11) is 0. The predicted octanol–water partition coefficient (Wildman–Crippen LogP) is 2.78. The summed E-state index contributed by atoms with van der Waals surface area (Å²) in [5.41, 5.74) is 0.915. The van der Waals surface area contributed by atoms with E-state index in [1.807, 2.05) is 0 Å². The van der Waals surface area contributed by atoms with Crippen LogP contribution in [0.25, 0.3) is 0 Å². The summed E-state index contributed by atoms with van der Waals surface area (Å²) in [6.07, 6.45) is 3.58. The molecule has 3 aromatic rings. The van der Waals surface area contributed by atoms with Gasteiger partial charge in [-0.2, -0.15) is 0 Å². The molecule has 3 aromatic heterocycles. The van der Waals surface area contributed by atoms with Gasteiger partial charge in [0.2, 0.25) is 0 Å². The predicted molar refractivity (Wildman–Crippen MR) is 85.9 cm³/mol. The minimum atomic E-state index is -0.338. The Hall–Kier alpha value is -2.87. The number of nitrogens with zero attached hydrogens (tertiary/aromatic N) is 2. The summed E-state index contributed by atoms with van der Waals surface area (Å²) >= 11 is 1.37. The molecule has 8 heteroatoms. The van der Waals surface area contributed by atoms with Crippen molar-refractivity contribution in [1.29, 1.82) is 0 Å². The van der Waals surface area contributed by atoms with Crippen molar-refractivity contribution in [1.82, 2.24) is 9.88 Å². The van der Waals surface area contributed by atoms with Gasteiger partial charge in [-0.1, -0.05) is 11.3 Å². The second kappa shape index (κ2) is 5.97. The van der Waals surface area contributed by atoms with E-state index in [-0.39, 0.29) is 17.6 Å². The molecule has 1 N–H and O–H groups in total. The van der Waals surface area contributed by atoms with Crippen molar-refractivity contribution in [2.75, 3.05) is 11.9 Å². The highest BCUT2D eigenvalue weighted by Gasteiger charge is 2.26. The molecule has 0 spiro atoms. The molecule has 0 unspecified atom stereocenters. The fourth-order valence-electron chi connectivity index (χ4n) is 2.54. The zero-order valence-electron chi connectivity index (χ0n) is 12.5. The van der Waals surface area contributed by atoms with Crippen LogP contribution in [0, 0.1) is 0 Å². The second-order valence-corrected chi connectivity index (χ2v) is 6.36. The van der Waals surface area contributed by atoms with Crippen molar-refractivity contribution in [2.24, 2.45) is 0 Å². The quantitative estimate of drug-likeness (QED) is 0.790. The highest BCUT2D eigenvalue weighted by molar-refractivity contribution is 7.15. The van der Waals surface area contributed by atoms with Crippen LogP contribution in [0.5, 0.6) is 0 Å². The van der Waals surface area contributed by atoms with Gasteiger partial charge in [-0.25, -0.2) is 4.98 Å². The minimum Gasteiger partial charge on any atom is -0.459 e. The van der Waals surface area contributed by atoms with Crippen LogP contribution in [0.15, 0.2) is 45.6 Å². The lowest BCUT2D eigenvalue weighted by Gasteiger charge is -2.25. The van der Waals surface area contributed by atoms with Gasteiger partial charge in [-0.15, -0.1) is 0 Å². The van der Waals surface area contributed by atoms with Crippen LogP contribution in [0.4, 0.5) is 5.13 Å². The molecule has 0 radical (unpaired) electrons. The molecule has 24 heavy (non-hydrogen) atoms. The van der Waals surface area contributed by atoms with Crippen LogP contribution < -0.4 is 5.32 Å². The van der Waals surface area contributed by atoms with Gasteiger partial charge in [-0.3, -0.25) is 14.9 Å². The molecule has 0 atom stereocenters. The summed E-state index contributed by atoms with van der Waals surface area (Å²) in [5.74, 6) is 0.0851. The third-order valence-corrected chi connectivity index (χ3v) is 4.71. The Balaban J connectivity index is 1.48. The summed E-state index contributed by atoms with van der Waals surface area (Å²) in [6, 6.07) is 6.59. The third kappa shape index (κ3) is 2.71. The van der Waals surface area contributed by atoms with Crippen LogP contribution in [0.2, 0.25) is 0 Å². The van der Waals surface area contributed by atoms with Gasteiger partial charge >= 0.3 is 0 Å². The lowest BCUT2D eigenvalue weighted by molar-refractivity contribution is 0.0704. The molecular formula is C16H13N3O4S. The smallest absolute Gasteiger partial charge is 0.293 e. The summed E-state index contributed by atoms with van der Waals surface area (Å²) in [6.45, 7) is 1.03. The Labute approximate surface area is 140 Å². The van der Waals surface area contributed by atoms with Crippen molar-refractivity contribution in [3.05, 3.63) is 58.9 Å². The number of hydrogen-bond acceptors (Lipinski definition) is 6. The molecule has 1 aliphatic rings. The number of thiazole rings is 1. The summed E-state index contributed by atoms with van der Waals surface area (Å²) in [4.78, 5) is 31.5. The van der Waals surface area contributed by atoms with Crippen LogP contribution in [-0.2, 0) is 13.0 Å². The maximum atomic E-state index is 12.3. The van der Waals surface area contributed by atoms with E-state index in [0.717, 1.165) is 10.6 Å². The number of fused-ring (bicyclic) bond motifs is 1. The molecule has 7 nitrogen and oxygen atoms in total. The van der Waals surface area contributed by atoms with Crippen LogP contribution >= 0.6 is 11.3 Å². The lowest BCUT2D eigenvalue weighted by atomic mass is 10.1. The maximum absolute atomic E-state index is 12.3. The minimum absolute atomic E-state index is 0.139. The molecule has 0 aromatic carbocycles. The van der Waals surface area contributed by atoms with Crippen LogP contribution in [0.1, 0.15) is 31.7 Å². The molecule has 0 aliphatic carbocycles. The van der Waals surface area contributed by atoms with E-state index in [1.165, 1.54) is 23.9 Å². The molecule has 4 heterocycles. The first-order valence-corrected chi connectivity index (χ1v) is 8.18. The van der Waals surface area contributed by atoms with E-state index >= 15 is 0 Å². The fraction of sp³-hybridized carbons (Fsp3) is 0.188. The topological polar surface area (TPSA) is 88.6 Å². The van der Waals surface area contributed by atoms with E-state index in [1.54, 1.807) is 29.2 Å². The normalized spacial score (nSPS) is 13.6. The zero-order valence-corrected chi connectivity index (χ0v) is 13.3. The Kier molecular flexibility index (Phi) is 3.66. The Morgan fingerprint density at radius 1 is 1.17 bits per heavy atom. The number of anilines is 1. The monoisotopic (exact) mass is 343 g/mol. The van der Waals surface area contributed by atoms with Crippen molar-refractivity contribution >= 4 is 28.3 Å². The Bertz CT molecular complexity index is 867. The van der Waals surface area contributed by atoms with Gasteiger partial charge in [0.05, 0.1) is 24.8 Å². The van der Waals surface area contributed by atoms with Gasteiger partial charge in [0.15, 0.2) is 16.7 Å². The average molecular weight is 343 g/mol. The standard InChI is InChI=1S/C16H13N3O4S/c20-14(11-3-1-7-22-11)18-16-17-10-5-6-19(9-13(10)24-16)15(21)12-4-2-8-23-12/h1-4,7-8H,5-6,9H2,(H,17,18,20). The van der Waals surface area contributed by atoms with E-state index in [0.29, 0.717) is 30.4 Å². The number of aromatic nitrogens is 1. The van der Waals surface area contributed by atoms with Gasteiger partial charge < -0.3 is 13.7 Å². The number of rotatable bonds is 3. The number of carbonyl (C=O) groups excluding carboxylic acids is 2. The van der Waals surface area contributed by atoms with Crippen LogP contribution in [0.3, 0.4) is 0 Å². The molecule has 0 saturated carbocycles. The maximum Gasteiger partial charge on any atom is 0.293 e. The third-order valence-electron chi connectivity index (χ3n) is 3.72. The van der Waals surface area contributed by atoms with Gasteiger partial charge in [0, 0.05) is 17.8 Å². The van der Waals surface area contributed by atoms with E-state index < -0.39 is 0 Å². The second-order valence-electron chi connectivity index (χ2n) is 5.27. The first-order chi connectivity index (χ1) is 11.7. The highest BCUT2D eigenvalue weighted by atomic mass is 32.1. The van der Waals surface area contributed by atoms with E-state index in [9.17, 15) is 9.59 Å². The fourth-order valence-corrected chi connectivity index (χ4v) is 3.56. The van der Waals surface area contributed by atoms with Crippen molar-refractivity contribution in [2.45, 2.75) is 13.0 Å².